The van der Waals surface area contributed by atoms with Crippen molar-refractivity contribution in [2.45, 2.75) is 19.3 Å². The van der Waals surface area contributed by atoms with Gasteiger partial charge in [-0.05, 0) is 24.8 Å². The van der Waals surface area contributed by atoms with Crippen LogP contribution < -0.4 is 16.4 Å². The highest BCUT2D eigenvalue weighted by Crippen LogP contribution is 2.22. The van der Waals surface area contributed by atoms with E-state index < -0.39 is 4.92 Å². The zero-order chi connectivity index (χ0) is 18.9. The molecule has 4 N–H and O–H groups in total. The Bertz CT molecular complexity index is 664. The molecule has 1 atom stereocenters. The Morgan fingerprint density at radius 3 is 2.88 bits per heavy atom. The number of carbonyl (C=O) groups excluding carboxylic acids is 1. The van der Waals surface area contributed by atoms with Gasteiger partial charge in [0.1, 0.15) is 5.69 Å². The van der Waals surface area contributed by atoms with Crippen LogP contribution in [0.4, 0.5) is 11.4 Å². The summed E-state index contributed by atoms with van der Waals surface area (Å²) >= 11 is 0. The van der Waals surface area contributed by atoms with Crippen LogP contribution in [-0.2, 0) is 4.79 Å². The molecule has 1 amide bonds. The van der Waals surface area contributed by atoms with Crippen LogP contribution >= 0.6 is 0 Å². The number of guanidine groups is 1. The number of nitrogens with zero attached hydrogens (tertiary/aromatic N) is 3. The Morgan fingerprint density at radius 2 is 2.19 bits per heavy atom. The quantitative estimate of drug-likeness (QED) is 0.220. The molecule has 0 spiro atoms. The van der Waals surface area contributed by atoms with Gasteiger partial charge in [0, 0.05) is 45.7 Å². The van der Waals surface area contributed by atoms with Gasteiger partial charge in [0.05, 0.1) is 4.92 Å². The van der Waals surface area contributed by atoms with Crippen LogP contribution in [0.15, 0.2) is 29.3 Å². The molecule has 1 aliphatic rings. The number of carbonyl (C=O) groups is 1. The minimum atomic E-state index is -0.401. The van der Waals surface area contributed by atoms with Gasteiger partial charge in [0.2, 0.25) is 5.91 Å². The number of nitrogens with one attached hydrogen (secondary N) is 2. The number of para-hydroxylation sites is 2. The number of nitrogens with two attached hydrogens (primary N) is 1. The molecule has 0 bridgehead atoms. The van der Waals surface area contributed by atoms with Crippen molar-refractivity contribution in [3.63, 3.8) is 0 Å². The number of primary amides is 1. The molecular weight excluding hydrogens is 336 g/mol. The van der Waals surface area contributed by atoms with E-state index in [-0.39, 0.29) is 17.5 Å². The number of rotatable bonds is 7. The Balaban J connectivity index is 1.82. The van der Waals surface area contributed by atoms with Gasteiger partial charge in [-0.25, -0.2) is 0 Å². The number of hydrogen-bond acceptors (Lipinski definition) is 5. The van der Waals surface area contributed by atoms with E-state index in [0.29, 0.717) is 25.2 Å². The smallest absolute Gasteiger partial charge is 0.292 e. The van der Waals surface area contributed by atoms with Crippen LogP contribution in [0, 0.1) is 16.0 Å². The predicted molar refractivity (Wildman–Crippen MR) is 101 cm³/mol. The van der Waals surface area contributed by atoms with Gasteiger partial charge >= 0.3 is 0 Å². The summed E-state index contributed by atoms with van der Waals surface area (Å²) in [5.41, 5.74) is 5.86. The normalized spacial score (nSPS) is 17.7. The van der Waals surface area contributed by atoms with Gasteiger partial charge in [-0.15, -0.1) is 0 Å². The van der Waals surface area contributed by atoms with Crippen molar-refractivity contribution in [3.8, 4) is 0 Å². The van der Waals surface area contributed by atoms with Gasteiger partial charge in [-0.3, -0.25) is 19.9 Å². The third kappa shape index (κ3) is 5.61. The van der Waals surface area contributed by atoms with Crippen LogP contribution in [0.2, 0.25) is 0 Å². The molecule has 1 fully saturated rings. The minimum absolute atomic E-state index is 0.0576. The Labute approximate surface area is 152 Å². The molecule has 9 nitrogen and oxygen atoms in total. The van der Waals surface area contributed by atoms with Crippen molar-refractivity contribution in [2.24, 2.45) is 16.6 Å². The lowest BCUT2D eigenvalue weighted by Gasteiger charge is -2.34. The SMILES string of the molecule is CN=C(NCCNc1ccccc1[N+](=O)[O-])N1CCCC(CC(N)=O)C1. The third-order valence-electron chi connectivity index (χ3n) is 4.34. The first-order chi connectivity index (χ1) is 12.5. The first-order valence-corrected chi connectivity index (χ1v) is 8.72. The fraction of sp³-hybridized carbons (Fsp3) is 0.529. The maximum atomic E-state index is 11.1. The molecular formula is C17H26N6O3. The van der Waals surface area contributed by atoms with E-state index in [4.69, 9.17) is 5.73 Å². The molecule has 0 radical (unpaired) electrons. The van der Waals surface area contributed by atoms with Gasteiger partial charge in [-0.1, -0.05) is 12.1 Å². The summed E-state index contributed by atoms with van der Waals surface area (Å²) in [6.45, 7) is 2.71. The molecule has 9 heteroatoms. The first-order valence-electron chi connectivity index (χ1n) is 8.72. The van der Waals surface area contributed by atoms with E-state index in [1.807, 2.05) is 0 Å². The summed E-state index contributed by atoms with van der Waals surface area (Å²) in [5.74, 6) is 0.752. The molecule has 1 aromatic carbocycles. The lowest BCUT2D eigenvalue weighted by Crippen LogP contribution is -2.48. The number of likely N-dealkylation sites (tertiary alicyclic amines) is 1. The van der Waals surface area contributed by atoms with Crippen molar-refractivity contribution < 1.29 is 9.72 Å². The van der Waals surface area contributed by atoms with E-state index in [0.717, 1.165) is 31.9 Å². The summed E-state index contributed by atoms with van der Waals surface area (Å²) in [6, 6.07) is 6.56. The molecule has 0 aromatic heterocycles. The molecule has 1 aliphatic heterocycles. The standard InChI is InChI=1S/C17H26N6O3/c1-19-17(22-10-4-5-13(12-22)11-16(18)24)21-9-8-20-14-6-2-3-7-15(14)23(25)26/h2-3,6-7,13,20H,4-5,8-12H2,1H3,(H2,18,24)(H,19,21). The van der Waals surface area contributed by atoms with E-state index in [1.54, 1.807) is 25.2 Å². The van der Waals surface area contributed by atoms with Gasteiger partial charge in [0.25, 0.3) is 5.69 Å². The van der Waals surface area contributed by atoms with Crippen LogP contribution in [-0.4, -0.2) is 54.9 Å². The monoisotopic (exact) mass is 362 g/mol. The second kappa shape index (κ2) is 9.59. The average molecular weight is 362 g/mol. The van der Waals surface area contributed by atoms with Crippen LogP contribution in [0.1, 0.15) is 19.3 Å². The van der Waals surface area contributed by atoms with E-state index in [9.17, 15) is 14.9 Å². The Kier molecular flexibility index (Phi) is 7.19. The molecule has 1 saturated heterocycles. The van der Waals surface area contributed by atoms with Crippen LogP contribution in [0.25, 0.3) is 0 Å². The van der Waals surface area contributed by atoms with E-state index >= 15 is 0 Å². The van der Waals surface area contributed by atoms with Gasteiger partial charge in [0.15, 0.2) is 5.96 Å². The first kappa shape index (κ1) is 19.5. The highest BCUT2D eigenvalue weighted by atomic mass is 16.6. The Morgan fingerprint density at radius 1 is 1.42 bits per heavy atom. The molecule has 2 rings (SSSR count). The van der Waals surface area contributed by atoms with Crippen molar-refractivity contribution >= 4 is 23.2 Å². The summed E-state index contributed by atoms with van der Waals surface area (Å²) in [5, 5.41) is 17.3. The molecule has 1 aromatic rings. The van der Waals surface area contributed by atoms with Crippen molar-refractivity contribution in [1.82, 2.24) is 10.2 Å². The number of nitro benzene ring substituents is 1. The fourth-order valence-corrected chi connectivity index (χ4v) is 3.19. The summed E-state index contributed by atoms with van der Waals surface area (Å²) in [7, 11) is 1.72. The van der Waals surface area contributed by atoms with Crippen molar-refractivity contribution in [1.29, 1.82) is 0 Å². The molecule has 1 unspecified atom stereocenters. The fourth-order valence-electron chi connectivity index (χ4n) is 3.19. The van der Waals surface area contributed by atoms with Gasteiger partial charge < -0.3 is 21.3 Å². The minimum Gasteiger partial charge on any atom is -0.378 e. The lowest BCUT2D eigenvalue weighted by atomic mass is 9.95. The lowest BCUT2D eigenvalue weighted by molar-refractivity contribution is -0.384. The number of amides is 1. The third-order valence-corrected chi connectivity index (χ3v) is 4.34. The largest absolute Gasteiger partial charge is 0.378 e. The number of hydrogen-bond donors (Lipinski definition) is 3. The number of aliphatic imine (C=N–C) groups is 1. The predicted octanol–water partition coefficient (Wildman–Crippen LogP) is 1.17. The second-order valence-electron chi connectivity index (χ2n) is 6.30. The van der Waals surface area contributed by atoms with Crippen LogP contribution in [0.3, 0.4) is 0 Å². The van der Waals surface area contributed by atoms with E-state index in [2.05, 4.69) is 20.5 Å². The number of benzene rings is 1. The van der Waals surface area contributed by atoms with Gasteiger partial charge in [-0.2, -0.15) is 0 Å². The maximum Gasteiger partial charge on any atom is 0.292 e. The zero-order valence-electron chi connectivity index (χ0n) is 15.0. The number of nitro groups is 1. The summed E-state index contributed by atoms with van der Waals surface area (Å²) in [6.07, 6.45) is 2.38. The highest BCUT2D eigenvalue weighted by Gasteiger charge is 2.23. The summed E-state index contributed by atoms with van der Waals surface area (Å²) < 4.78 is 0. The number of anilines is 1. The molecule has 26 heavy (non-hydrogen) atoms. The summed E-state index contributed by atoms with van der Waals surface area (Å²) in [4.78, 5) is 28.2. The second-order valence-corrected chi connectivity index (χ2v) is 6.30. The van der Waals surface area contributed by atoms with Crippen molar-refractivity contribution in [2.75, 3.05) is 38.5 Å². The Hall–Kier alpha value is -2.84. The zero-order valence-corrected chi connectivity index (χ0v) is 15.0. The molecule has 0 saturated carbocycles. The highest BCUT2D eigenvalue weighted by molar-refractivity contribution is 5.80. The van der Waals surface area contributed by atoms with Crippen molar-refractivity contribution in [3.05, 3.63) is 34.4 Å². The van der Waals surface area contributed by atoms with E-state index in [1.165, 1.54) is 6.07 Å². The number of piperidine rings is 1. The average Bonchev–Trinajstić information content (AvgIpc) is 2.61. The molecule has 1 heterocycles. The van der Waals surface area contributed by atoms with Crippen LogP contribution in [0.5, 0.6) is 0 Å². The molecule has 0 aliphatic carbocycles. The maximum absolute atomic E-state index is 11.1. The molecule has 142 valence electrons. The topological polar surface area (TPSA) is 126 Å².